The van der Waals surface area contributed by atoms with Crippen LogP contribution in [0.1, 0.15) is 18.4 Å². The zero-order valence-corrected chi connectivity index (χ0v) is 17.4. The third-order valence-corrected chi connectivity index (χ3v) is 6.67. The van der Waals surface area contributed by atoms with Crippen molar-refractivity contribution in [2.75, 3.05) is 36.2 Å². The molecular weight excluding hydrogens is 431 g/mol. The highest BCUT2D eigenvalue weighted by molar-refractivity contribution is 7.92. The molecule has 1 aliphatic rings. The van der Waals surface area contributed by atoms with E-state index >= 15 is 0 Å². The van der Waals surface area contributed by atoms with Gasteiger partial charge in [-0.3, -0.25) is 4.72 Å². The first-order chi connectivity index (χ1) is 14.7. The summed E-state index contributed by atoms with van der Waals surface area (Å²) < 4.78 is 73.2. The van der Waals surface area contributed by atoms with Gasteiger partial charge in [-0.05, 0) is 56.3 Å². The second kappa shape index (κ2) is 8.43. The van der Waals surface area contributed by atoms with Gasteiger partial charge in [-0.25, -0.2) is 8.42 Å². The topological polar surface area (TPSA) is 74.6 Å². The Balaban J connectivity index is 1.60. The van der Waals surface area contributed by atoms with Crippen molar-refractivity contribution < 1.29 is 26.0 Å². The lowest BCUT2D eigenvalue weighted by Gasteiger charge is -2.17. The van der Waals surface area contributed by atoms with E-state index in [1.807, 2.05) is 0 Å². The number of sulfonamides is 1. The van der Waals surface area contributed by atoms with Gasteiger partial charge in [0.15, 0.2) is 5.58 Å². The molecule has 2 N–H and O–H groups in total. The van der Waals surface area contributed by atoms with E-state index in [9.17, 15) is 21.6 Å². The summed E-state index contributed by atoms with van der Waals surface area (Å²) in [5, 5.41) is 3.88. The van der Waals surface area contributed by atoms with Gasteiger partial charge in [0, 0.05) is 18.5 Å². The Kier molecular flexibility index (Phi) is 5.85. The SMILES string of the molecule is O=S(=O)(Nc1cc(NCCN2CCCC2)c2occc2c1)c1ccccc1C(F)(F)F. The summed E-state index contributed by atoms with van der Waals surface area (Å²) in [6.07, 6.45) is -0.951. The van der Waals surface area contributed by atoms with Gasteiger partial charge in [0.2, 0.25) is 0 Å². The third kappa shape index (κ3) is 4.80. The van der Waals surface area contributed by atoms with Crippen LogP contribution in [0.25, 0.3) is 11.0 Å². The maximum absolute atomic E-state index is 13.3. The maximum Gasteiger partial charge on any atom is 0.417 e. The molecule has 2 aromatic carbocycles. The quantitative estimate of drug-likeness (QED) is 0.540. The number of hydrogen-bond acceptors (Lipinski definition) is 5. The Bertz CT molecular complexity index is 1170. The summed E-state index contributed by atoms with van der Waals surface area (Å²) in [5.41, 5.74) is 0.0639. The number of furan rings is 1. The van der Waals surface area contributed by atoms with Gasteiger partial charge in [0.25, 0.3) is 10.0 Å². The monoisotopic (exact) mass is 453 g/mol. The average molecular weight is 453 g/mol. The molecule has 4 rings (SSSR count). The molecule has 10 heteroatoms. The van der Waals surface area contributed by atoms with Gasteiger partial charge in [0.05, 0.1) is 28.1 Å². The van der Waals surface area contributed by atoms with Gasteiger partial charge in [-0.15, -0.1) is 0 Å². The summed E-state index contributed by atoms with van der Waals surface area (Å²) in [5.74, 6) is 0. The Labute approximate surface area is 178 Å². The van der Waals surface area contributed by atoms with Gasteiger partial charge in [-0.1, -0.05) is 12.1 Å². The summed E-state index contributed by atoms with van der Waals surface area (Å²) in [6, 6.07) is 8.83. The van der Waals surface area contributed by atoms with Crippen LogP contribution in [0, 0.1) is 0 Å². The van der Waals surface area contributed by atoms with Crippen LogP contribution in [-0.2, 0) is 16.2 Å². The Morgan fingerprint density at radius 2 is 1.81 bits per heavy atom. The van der Waals surface area contributed by atoms with Crippen LogP contribution in [0.4, 0.5) is 24.5 Å². The fraction of sp³-hybridized carbons (Fsp3) is 0.333. The predicted octanol–water partition coefficient (Wildman–Crippen LogP) is 4.76. The van der Waals surface area contributed by atoms with Gasteiger partial charge >= 0.3 is 6.18 Å². The lowest BCUT2D eigenvalue weighted by atomic mass is 10.2. The molecule has 0 unspecified atom stereocenters. The van der Waals surface area contributed by atoms with Crippen molar-refractivity contribution in [3.8, 4) is 0 Å². The van der Waals surface area contributed by atoms with Crippen LogP contribution in [0.5, 0.6) is 0 Å². The summed E-state index contributed by atoms with van der Waals surface area (Å²) in [7, 11) is -4.47. The average Bonchev–Trinajstić information content (AvgIpc) is 3.39. The van der Waals surface area contributed by atoms with Crippen molar-refractivity contribution in [3.63, 3.8) is 0 Å². The fourth-order valence-electron chi connectivity index (χ4n) is 3.77. The van der Waals surface area contributed by atoms with E-state index in [1.54, 1.807) is 6.07 Å². The van der Waals surface area contributed by atoms with Crippen LogP contribution >= 0.6 is 0 Å². The molecule has 6 nitrogen and oxygen atoms in total. The minimum Gasteiger partial charge on any atom is -0.462 e. The lowest BCUT2D eigenvalue weighted by Crippen LogP contribution is -2.26. The molecule has 0 radical (unpaired) electrons. The Morgan fingerprint density at radius 3 is 2.55 bits per heavy atom. The van der Waals surface area contributed by atoms with E-state index in [4.69, 9.17) is 4.42 Å². The highest BCUT2D eigenvalue weighted by Crippen LogP contribution is 2.35. The van der Waals surface area contributed by atoms with Crippen molar-refractivity contribution in [3.05, 3.63) is 54.3 Å². The molecule has 0 atom stereocenters. The van der Waals surface area contributed by atoms with Gasteiger partial charge < -0.3 is 14.6 Å². The molecule has 0 amide bonds. The molecule has 1 aliphatic heterocycles. The third-order valence-electron chi connectivity index (χ3n) is 5.23. The number of hydrogen-bond donors (Lipinski definition) is 2. The van der Waals surface area contributed by atoms with E-state index in [1.165, 1.54) is 37.3 Å². The predicted molar refractivity (Wildman–Crippen MR) is 113 cm³/mol. The molecular formula is C21H22F3N3O3S. The maximum atomic E-state index is 13.3. The number of alkyl halides is 3. The molecule has 0 bridgehead atoms. The molecule has 1 fully saturated rings. The standard InChI is InChI=1S/C21H22F3N3O3S/c22-21(23,24)17-5-1-2-6-19(17)31(28,29)26-16-13-15-7-12-30-20(15)18(14-16)25-8-11-27-9-3-4-10-27/h1-2,5-7,12-14,25-26H,3-4,8-11H2. The Hall–Kier alpha value is -2.72. The first-order valence-electron chi connectivity index (χ1n) is 9.90. The van der Waals surface area contributed by atoms with Crippen molar-refractivity contribution in [2.24, 2.45) is 0 Å². The Morgan fingerprint density at radius 1 is 1.06 bits per heavy atom. The van der Waals surface area contributed by atoms with Crippen LogP contribution in [0.15, 0.2) is 58.0 Å². The molecule has 31 heavy (non-hydrogen) atoms. The molecule has 3 aromatic rings. The highest BCUT2D eigenvalue weighted by atomic mass is 32.2. The molecule has 1 saturated heterocycles. The van der Waals surface area contributed by atoms with E-state index in [-0.39, 0.29) is 5.69 Å². The molecule has 0 spiro atoms. The largest absolute Gasteiger partial charge is 0.462 e. The van der Waals surface area contributed by atoms with Crippen molar-refractivity contribution in [1.29, 1.82) is 0 Å². The zero-order chi connectivity index (χ0) is 22.1. The van der Waals surface area contributed by atoms with Crippen molar-refractivity contribution in [1.82, 2.24) is 4.90 Å². The van der Waals surface area contributed by atoms with Crippen LogP contribution < -0.4 is 10.0 Å². The van der Waals surface area contributed by atoms with E-state index in [0.29, 0.717) is 23.2 Å². The van der Waals surface area contributed by atoms with Crippen LogP contribution in [-0.4, -0.2) is 39.5 Å². The number of likely N-dealkylation sites (tertiary alicyclic amines) is 1. The molecule has 166 valence electrons. The van der Waals surface area contributed by atoms with Gasteiger partial charge in [0.1, 0.15) is 0 Å². The van der Waals surface area contributed by atoms with Crippen molar-refractivity contribution >= 4 is 32.4 Å². The number of halogens is 3. The molecule has 1 aromatic heterocycles. The number of rotatable bonds is 7. The lowest BCUT2D eigenvalue weighted by molar-refractivity contribution is -0.139. The smallest absolute Gasteiger partial charge is 0.417 e. The van der Waals surface area contributed by atoms with Crippen LogP contribution in [0.2, 0.25) is 0 Å². The first kappa shape index (κ1) is 21.5. The van der Waals surface area contributed by atoms with E-state index in [2.05, 4.69) is 14.9 Å². The summed E-state index contributed by atoms with van der Waals surface area (Å²) in [6.45, 7) is 3.56. The normalized spacial score (nSPS) is 15.5. The minimum atomic E-state index is -4.79. The zero-order valence-electron chi connectivity index (χ0n) is 16.6. The minimum absolute atomic E-state index is 0.148. The highest BCUT2D eigenvalue weighted by Gasteiger charge is 2.37. The second-order valence-electron chi connectivity index (χ2n) is 7.44. The molecule has 2 heterocycles. The second-order valence-corrected chi connectivity index (χ2v) is 9.09. The number of fused-ring (bicyclic) bond motifs is 1. The van der Waals surface area contributed by atoms with E-state index < -0.39 is 26.7 Å². The summed E-state index contributed by atoms with van der Waals surface area (Å²) in [4.78, 5) is 1.51. The fourth-order valence-corrected chi connectivity index (χ4v) is 5.04. The summed E-state index contributed by atoms with van der Waals surface area (Å²) >= 11 is 0. The number of nitrogens with one attached hydrogen (secondary N) is 2. The van der Waals surface area contributed by atoms with E-state index in [0.717, 1.165) is 37.8 Å². The molecule has 0 aliphatic carbocycles. The number of anilines is 2. The number of benzene rings is 2. The van der Waals surface area contributed by atoms with Crippen molar-refractivity contribution in [2.45, 2.75) is 23.9 Å². The van der Waals surface area contributed by atoms with Crippen LogP contribution in [0.3, 0.4) is 0 Å². The first-order valence-corrected chi connectivity index (χ1v) is 11.4. The molecule has 0 saturated carbocycles. The van der Waals surface area contributed by atoms with Gasteiger partial charge in [-0.2, -0.15) is 13.2 Å². The number of nitrogens with zero attached hydrogens (tertiary/aromatic N) is 1.